The van der Waals surface area contributed by atoms with Crippen LogP contribution in [0.15, 0.2) is 24.3 Å². The molecule has 4 nitrogen and oxygen atoms in total. The van der Waals surface area contributed by atoms with Gasteiger partial charge in [-0.1, -0.05) is 52.2 Å². The lowest BCUT2D eigenvalue weighted by atomic mass is 9.99. The number of hydrogen-bond donors (Lipinski definition) is 1. The Balaban J connectivity index is 1.88. The molecule has 25 heavy (non-hydrogen) atoms. The van der Waals surface area contributed by atoms with E-state index >= 15 is 0 Å². The van der Waals surface area contributed by atoms with E-state index < -0.39 is 0 Å². The van der Waals surface area contributed by atoms with Crippen molar-refractivity contribution in [1.29, 1.82) is 0 Å². The Kier molecular flexibility index (Phi) is 7.48. The van der Waals surface area contributed by atoms with Crippen molar-refractivity contribution in [3.63, 3.8) is 0 Å². The minimum absolute atomic E-state index is 0.0241. The zero-order chi connectivity index (χ0) is 18.2. The molecule has 138 valence electrons. The molecule has 1 N–H and O–H groups in total. The molecule has 0 radical (unpaired) electrons. The molecule has 1 aliphatic heterocycles. The van der Waals surface area contributed by atoms with Crippen molar-refractivity contribution in [2.24, 2.45) is 11.8 Å². The number of hydrogen-bond acceptors (Lipinski definition) is 2. The van der Waals surface area contributed by atoms with Gasteiger partial charge in [0.05, 0.1) is 5.92 Å². The highest BCUT2D eigenvalue weighted by Crippen LogP contribution is 2.25. The minimum atomic E-state index is -0.234. The molecule has 1 aromatic rings. The number of unbranched alkanes of at least 4 members (excludes halogenated alkanes) is 1. The van der Waals surface area contributed by atoms with Crippen LogP contribution in [0.4, 0.5) is 5.69 Å². The van der Waals surface area contributed by atoms with Gasteiger partial charge in [-0.3, -0.25) is 9.59 Å². The minimum Gasteiger partial charge on any atom is -0.356 e. The molecule has 0 saturated carbocycles. The zero-order valence-electron chi connectivity index (χ0n) is 15.9. The highest BCUT2D eigenvalue weighted by atomic mass is 16.2. The fraction of sp³-hybridized carbons (Fsp3) is 0.619. The summed E-state index contributed by atoms with van der Waals surface area (Å²) in [6.45, 7) is 7.69. The maximum absolute atomic E-state index is 12.5. The van der Waals surface area contributed by atoms with E-state index in [-0.39, 0.29) is 17.7 Å². The van der Waals surface area contributed by atoms with E-state index in [0.29, 0.717) is 18.9 Å². The van der Waals surface area contributed by atoms with Crippen molar-refractivity contribution in [2.75, 3.05) is 18.0 Å². The molecular formula is C21H32N2O2. The van der Waals surface area contributed by atoms with Crippen molar-refractivity contribution >= 4 is 17.5 Å². The Morgan fingerprint density at radius 2 is 1.96 bits per heavy atom. The van der Waals surface area contributed by atoms with Gasteiger partial charge in [-0.25, -0.2) is 0 Å². The molecule has 2 amide bonds. The number of nitrogens with one attached hydrogen (secondary N) is 1. The highest BCUT2D eigenvalue weighted by molar-refractivity contribution is 6.00. The maximum Gasteiger partial charge on any atom is 0.227 e. The number of carbonyl (C=O) groups excluding carboxylic acids is 2. The summed E-state index contributed by atoms with van der Waals surface area (Å²) in [5, 5.41) is 3.08. The Labute approximate surface area is 152 Å². The lowest BCUT2D eigenvalue weighted by molar-refractivity contribution is -0.126. The van der Waals surface area contributed by atoms with Crippen LogP contribution in [-0.4, -0.2) is 24.9 Å². The van der Waals surface area contributed by atoms with Crippen molar-refractivity contribution in [2.45, 2.75) is 59.3 Å². The predicted molar refractivity (Wildman–Crippen MR) is 103 cm³/mol. The molecule has 1 fully saturated rings. The quantitative estimate of drug-likeness (QED) is 0.738. The van der Waals surface area contributed by atoms with E-state index in [0.717, 1.165) is 31.5 Å². The smallest absolute Gasteiger partial charge is 0.227 e. The molecule has 0 spiro atoms. The third kappa shape index (κ3) is 5.32. The summed E-state index contributed by atoms with van der Waals surface area (Å²) in [7, 11) is 0. The second kappa shape index (κ2) is 9.59. The van der Waals surface area contributed by atoms with E-state index in [9.17, 15) is 9.59 Å². The van der Waals surface area contributed by atoms with Gasteiger partial charge in [0.15, 0.2) is 0 Å². The van der Waals surface area contributed by atoms with Crippen LogP contribution in [0.3, 0.4) is 0 Å². The summed E-state index contributed by atoms with van der Waals surface area (Å²) in [4.78, 5) is 26.5. The molecule has 1 aliphatic rings. The van der Waals surface area contributed by atoms with Crippen LogP contribution < -0.4 is 10.2 Å². The first-order valence-electron chi connectivity index (χ1n) is 9.75. The monoisotopic (exact) mass is 344 g/mol. The molecule has 0 aliphatic carbocycles. The Morgan fingerprint density at radius 3 is 2.56 bits per heavy atom. The summed E-state index contributed by atoms with van der Waals surface area (Å²) in [5.41, 5.74) is 2.15. The van der Waals surface area contributed by atoms with Gasteiger partial charge in [0.25, 0.3) is 0 Å². The van der Waals surface area contributed by atoms with Crippen LogP contribution in [0, 0.1) is 11.8 Å². The molecule has 0 bridgehead atoms. The molecule has 2 rings (SSSR count). The average molecular weight is 344 g/mol. The van der Waals surface area contributed by atoms with Gasteiger partial charge in [0, 0.05) is 25.2 Å². The van der Waals surface area contributed by atoms with Crippen LogP contribution >= 0.6 is 0 Å². The zero-order valence-corrected chi connectivity index (χ0v) is 15.9. The van der Waals surface area contributed by atoms with Gasteiger partial charge in [-0.15, -0.1) is 0 Å². The summed E-state index contributed by atoms with van der Waals surface area (Å²) < 4.78 is 0. The first-order valence-corrected chi connectivity index (χ1v) is 9.75. The van der Waals surface area contributed by atoms with Gasteiger partial charge in [0.2, 0.25) is 11.8 Å². The number of carbonyl (C=O) groups is 2. The number of anilines is 1. The van der Waals surface area contributed by atoms with E-state index in [1.807, 2.05) is 12.1 Å². The fourth-order valence-electron chi connectivity index (χ4n) is 3.38. The first-order chi connectivity index (χ1) is 12.1. The Hall–Kier alpha value is -1.84. The molecule has 1 heterocycles. The average Bonchev–Trinajstić information content (AvgIpc) is 3.03. The van der Waals surface area contributed by atoms with E-state index in [1.165, 1.54) is 18.4 Å². The number of aryl methyl sites for hydroxylation is 1. The predicted octanol–water partition coefficient (Wildman–Crippen LogP) is 3.93. The molecule has 1 saturated heterocycles. The van der Waals surface area contributed by atoms with Crippen LogP contribution in [0.1, 0.15) is 58.4 Å². The molecule has 0 aromatic heterocycles. The number of amides is 2. The van der Waals surface area contributed by atoms with Gasteiger partial charge >= 0.3 is 0 Å². The normalized spacial score (nSPS) is 18.4. The van der Waals surface area contributed by atoms with E-state index in [4.69, 9.17) is 0 Å². The van der Waals surface area contributed by atoms with E-state index in [2.05, 4.69) is 38.2 Å². The largest absolute Gasteiger partial charge is 0.356 e. The second-order valence-corrected chi connectivity index (χ2v) is 7.09. The van der Waals surface area contributed by atoms with Gasteiger partial charge < -0.3 is 10.2 Å². The SMILES string of the molecule is CCCC[C@@H](CC)CNC(=O)[C@@H]1CC(=O)N(c2ccc(CC)cc2)C1. The van der Waals surface area contributed by atoms with Crippen LogP contribution in [0.2, 0.25) is 0 Å². The third-order valence-electron chi connectivity index (χ3n) is 5.26. The van der Waals surface area contributed by atoms with Crippen LogP contribution in [0.25, 0.3) is 0 Å². The second-order valence-electron chi connectivity index (χ2n) is 7.09. The van der Waals surface area contributed by atoms with Crippen molar-refractivity contribution in [3.05, 3.63) is 29.8 Å². The number of rotatable bonds is 9. The van der Waals surface area contributed by atoms with E-state index in [1.54, 1.807) is 4.90 Å². The third-order valence-corrected chi connectivity index (χ3v) is 5.26. The number of nitrogens with zero attached hydrogens (tertiary/aromatic N) is 1. The van der Waals surface area contributed by atoms with Crippen molar-refractivity contribution in [1.82, 2.24) is 5.32 Å². The molecule has 0 unspecified atom stereocenters. The summed E-state index contributed by atoms with van der Waals surface area (Å²) in [6, 6.07) is 8.06. The molecular weight excluding hydrogens is 312 g/mol. The van der Waals surface area contributed by atoms with Crippen LogP contribution in [-0.2, 0) is 16.0 Å². The standard InChI is InChI=1S/C21H32N2O2/c1-4-7-8-17(6-3)14-22-21(25)18-13-20(24)23(15-18)19-11-9-16(5-2)10-12-19/h9-12,17-18H,4-8,13-15H2,1-3H3,(H,22,25)/t17-,18-/m1/s1. The van der Waals surface area contributed by atoms with Gasteiger partial charge in [-0.05, 0) is 36.5 Å². The number of benzene rings is 1. The summed E-state index contributed by atoms with van der Waals surface area (Å²) in [6.07, 6.45) is 5.93. The lowest BCUT2D eigenvalue weighted by Crippen LogP contribution is -2.35. The lowest BCUT2D eigenvalue weighted by Gasteiger charge is -2.18. The maximum atomic E-state index is 12.5. The fourth-order valence-corrected chi connectivity index (χ4v) is 3.38. The van der Waals surface area contributed by atoms with Gasteiger partial charge in [0.1, 0.15) is 0 Å². The summed E-state index contributed by atoms with van der Waals surface area (Å²) >= 11 is 0. The highest BCUT2D eigenvalue weighted by Gasteiger charge is 2.35. The Bertz CT molecular complexity index is 568. The molecule has 1 aromatic carbocycles. The molecule has 2 atom stereocenters. The van der Waals surface area contributed by atoms with Crippen molar-refractivity contribution in [3.8, 4) is 0 Å². The van der Waals surface area contributed by atoms with Gasteiger partial charge in [-0.2, -0.15) is 0 Å². The first kappa shape index (κ1) is 19.5. The molecule has 4 heteroatoms. The Morgan fingerprint density at radius 1 is 1.24 bits per heavy atom. The van der Waals surface area contributed by atoms with Crippen molar-refractivity contribution < 1.29 is 9.59 Å². The summed E-state index contributed by atoms with van der Waals surface area (Å²) in [5.74, 6) is 0.374. The topological polar surface area (TPSA) is 49.4 Å². The van der Waals surface area contributed by atoms with Crippen LogP contribution in [0.5, 0.6) is 0 Å².